The number of imidazole rings is 1. The maximum Gasteiger partial charge on any atom is 0.252 e. The van der Waals surface area contributed by atoms with Crippen LogP contribution in [0.1, 0.15) is 38.3 Å². The number of nitrogen functional groups attached to an aromatic ring is 1. The van der Waals surface area contributed by atoms with Gasteiger partial charge >= 0.3 is 0 Å². The van der Waals surface area contributed by atoms with Gasteiger partial charge in [-0.15, -0.1) is 0 Å². The lowest BCUT2D eigenvalue weighted by Crippen LogP contribution is -2.58. The number of nitrogens with two attached hydrogens (primary N) is 1. The minimum Gasteiger partial charge on any atom is -0.387 e. The van der Waals surface area contributed by atoms with Crippen LogP contribution in [0, 0.1) is 23.7 Å². The number of aliphatic hydroxyl groups is 2. The van der Waals surface area contributed by atoms with E-state index in [1.54, 1.807) is 0 Å². The third-order valence-corrected chi connectivity index (χ3v) is 7.69. The molecule has 1 amide bonds. The Bertz CT molecular complexity index is 967. The third kappa shape index (κ3) is 2.67. The van der Waals surface area contributed by atoms with Gasteiger partial charge in [0.15, 0.2) is 23.8 Å². The Balaban J connectivity index is 1.21. The van der Waals surface area contributed by atoms with Gasteiger partial charge in [-0.3, -0.25) is 9.36 Å². The Kier molecular flexibility index (Phi) is 4.06. The quantitative estimate of drug-likeness (QED) is 0.547. The number of rotatable bonds is 3. The number of ether oxygens (including phenoxy) is 1. The molecule has 0 spiro atoms. The number of fused-ring (bicyclic) bond motifs is 1. The number of hydrogen-bond acceptors (Lipinski definition) is 8. The topological polar surface area (TPSA) is 148 Å². The van der Waals surface area contributed by atoms with Crippen molar-refractivity contribution in [1.29, 1.82) is 0 Å². The Labute approximate surface area is 172 Å². The summed E-state index contributed by atoms with van der Waals surface area (Å²) in [6.45, 7) is 0. The second-order valence-electron chi connectivity index (χ2n) is 9.48. The number of aromatic nitrogens is 4. The number of nitrogens with one attached hydrogen (secondary N) is 1. The molecule has 2 aromatic rings. The van der Waals surface area contributed by atoms with E-state index in [0.717, 1.165) is 11.8 Å². The number of aliphatic hydroxyl groups excluding tert-OH is 2. The molecule has 160 valence electrons. The van der Waals surface area contributed by atoms with Crippen LogP contribution in [0.2, 0.25) is 0 Å². The molecule has 4 saturated carbocycles. The van der Waals surface area contributed by atoms with Gasteiger partial charge < -0.3 is 26.0 Å². The van der Waals surface area contributed by atoms with Crippen LogP contribution in [-0.2, 0) is 9.53 Å². The molecular weight excluding hydrogens is 388 g/mol. The predicted molar refractivity (Wildman–Crippen MR) is 105 cm³/mol. The molecule has 4 aliphatic carbocycles. The summed E-state index contributed by atoms with van der Waals surface area (Å²) in [6, 6.07) is 0.138. The average Bonchev–Trinajstić information content (AvgIpc) is 3.27. The second kappa shape index (κ2) is 6.60. The first-order valence-electron chi connectivity index (χ1n) is 10.7. The molecule has 0 radical (unpaired) electrons. The van der Waals surface area contributed by atoms with Crippen LogP contribution < -0.4 is 11.1 Å². The van der Waals surface area contributed by atoms with Crippen molar-refractivity contribution in [2.75, 3.05) is 5.73 Å². The minimum absolute atomic E-state index is 0.138. The van der Waals surface area contributed by atoms with Crippen molar-refractivity contribution in [1.82, 2.24) is 24.8 Å². The largest absolute Gasteiger partial charge is 0.387 e. The number of anilines is 1. The van der Waals surface area contributed by atoms with Gasteiger partial charge in [0.25, 0.3) is 5.91 Å². The van der Waals surface area contributed by atoms with Gasteiger partial charge in [-0.1, -0.05) is 0 Å². The summed E-state index contributed by atoms with van der Waals surface area (Å²) >= 11 is 0. The second-order valence-corrected chi connectivity index (χ2v) is 9.48. The van der Waals surface area contributed by atoms with Crippen LogP contribution >= 0.6 is 0 Å². The third-order valence-electron chi connectivity index (χ3n) is 7.69. The molecule has 5 N–H and O–H groups in total. The van der Waals surface area contributed by atoms with Gasteiger partial charge in [-0.2, -0.15) is 0 Å². The van der Waals surface area contributed by atoms with Crippen molar-refractivity contribution in [3.8, 4) is 0 Å². The zero-order chi connectivity index (χ0) is 20.6. The van der Waals surface area contributed by atoms with Gasteiger partial charge in [0.1, 0.15) is 24.1 Å². The first kappa shape index (κ1) is 18.5. The Hall–Kier alpha value is -2.30. The van der Waals surface area contributed by atoms with Crippen LogP contribution in [0.3, 0.4) is 0 Å². The highest BCUT2D eigenvalue weighted by Crippen LogP contribution is 2.53. The molecule has 10 nitrogen and oxygen atoms in total. The van der Waals surface area contributed by atoms with Crippen molar-refractivity contribution in [2.45, 2.75) is 62.7 Å². The molecule has 1 saturated heterocycles. The van der Waals surface area contributed by atoms with Crippen molar-refractivity contribution >= 4 is 22.9 Å². The van der Waals surface area contributed by atoms with E-state index in [9.17, 15) is 15.0 Å². The smallest absolute Gasteiger partial charge is 0.252 e. The molecule has 5 fully saturated rings. The fraction of sp³-hybridized carbons (Fsp3) is 0.700. The number of amides is 1. The Morgan fingerprint density at radius 3 is 2.47 bits per heavy atom. The normalized spacial score (nSPS) is 42.1. The molecular formula is C20H26N6O4. The van der Waals surface area contributed by atoms with E-state index < -0.39 is 24.5 Å². The van der Waals surface area contributed by atoms with E-state index in [2.05, 4.69) is 20.3 Å². The fourth-order valence-electron chi connectivity index (χ4n) is 6.57. The maximum absolute atomic E-state index is 13.0. The standard InChI is InChI=1S/C20H26N6O4/c21-17-13-18(23-6-22-17)26(7-24-13)20-15(28)14(27)16(30-20)19(29)25-12-10-2-8-1-9(4-10)5-11(12)3-8/h6-12,14-16,20,27-28H,1-5H2,(H,25,29)(H2,21,22,23)/t8?,9?,10?,11?,12?,14-,15+,16-,20+/m0/s1. The molecule has 7 rings (SSSR count). The van der Waals surface area contributed by atoms with Gasteiger partial charge in [0, 0.05) is 6.04 Å². The van der Waals surface area contributed by atoms with E-state index >= 15 is 0 Å². The van der Waals surface area contributed by atoms with E-state index in [-0.39, 0.29) is 17.8 Å². The van der Waals surface area contributed by atoms with Crippen molar-refractivity contribution in [2.24, 2.45) is 23.7 Å². The summed E-state index contributed by atoms with van der Waals surface area (Å²) in [6.07, 6.45) is 4.00. The molecule has 2 aromatic heterocycles. The molecule has 30 heavy (non-hydrogen) atoms. The molecule has 4 bridgehead atoms. The van der Waals surface area contributed by atoms with Gasteiger partial charge in [0.05, 0.1) is 6.33 Å². The lowest BCUT2D eigenvalue weighted by Gasteiger charge is -2.54. The lowest BCUT2D eigenvalue weighted by atomic mass is 9.54. The zero-order valence-corrected chi connectivity index (χ0v) is 16.5. The van der Waals surface area contributed by atoms with E-state index in [1.165, 1.54) is 49.3 Å². The molecule has 10 heteroatoms. The van der Waals surface area contributed by atoms with Gasteiger partial charge in [-0.25, -0.2) is 15.0 Å². The summed E-state index contributed by atoms with van der Waals surface area (Å²) in [7, 11) is 0. The van der Waals surface area contributed by atoms with E-state index in [0.29, 0.717) is 23.0 Å². The molecule has 4 atom stereocenters. The van der Waals surface area contributed by atoms with Crippen LogP contribution in [0.15, 0.2) is 12.7 Å². The Morgan fingerprint density at radius 2 is 1.77 bits per heavy atom. The van der Waals surface area contributed by atoms with Crippen molar-refractivity contribution in [3.05, 3.63) is 12.7 Å². The van der Waals surface area contributed by atoms with Gasteiger partial charge in [-0.05, 0) is 55.8 Å². The molecule has 0 unspecified atom stereocenters. The van der Waals surface area contributed by atoms with Crippen molar-refractivity contribution in [3.63, 3.8) is 0 Å². The molecule has 0 aromatic carbocycles. The average molecular weight is 414 g/mol. The zero-order valence-electron chi connectivity index (χ0n) is 16.5. The monoisotopic (exact) mass is 414 g/mol. The number of nitrogens with zero attached hydrogens (tertiary/aromatic N) is 4. The Morgan fingerprint density at radius 1 is 1.07 bits per heavy atom. The molecule has 3 heterocycles. The van der Waals surface area contributed by atoms with E-state index in [4.69, 9.17) is 10.5 Å². The fourth-order valence-corrected chi connectivity index (χ4v) is 6.57. The van der Waals surface area contributed by atoms with E-state index in [1.807, 2.05) is 0 Å². The van der Waals surface area contributed by atoms with Crippen LogP contribution in [0.4, 0.5) is 5.82 Å². The maximum atomic E-state index is 13.0. The summed E-state index contributed by atoms with van der Waals surface area (Å²) < 4.78 is 7.33. The van der Waals surface area contributed by atoms with Crippen LogP contribution in [0.5, 0.6) is 0 Å². The summed E-state index contributed by atoms with van der Waals surface area (Å²) in [4.78, 5) is 25.3. The number of carbonyl (C=O) groups is 1. The SMILES string of the molecule is Nc1ncnc2c1ncn2[C@@H]1O[C@H](C(=O)NC2C3CC4CC(C3)CC2C4)[C@@H](O)[C@H]1O. The summed E-state index contributed by atoms with van der Waals surface area (Å²) in [5.74, 6) is 2.50. The molecule has 5 aliphatic rings. The number of carbonyl (C=O) groups excluding carboxylic acids is 1. The predicted octanol–water partition coefficient (Wildman–Crippen LogP) is -0.0314. The van der Waals surface area contributed by atoms with Crippen LogP contribution in [-0.4, -0.2) is 60.0 Å². The van der Waals surface area contributed by atoms with Crippen LogP contribution in [0.25, 0.3) is 11.2 Å². The highest BCUT2D eigenvalue weighted by atomic mass is 16.6. The highest BCUT2D eigenvalue weighted by Gasteiger charge is 2.52. The highest BCUT2D eigenvalue weighted by molar-refractivity contribution is 5.83. The first-order chi connectivity index (χ1) is 14.5. The summed E-state index contributed by atoms with van der Waals surface area (Å²) in [5.41, 5.74) is 6.58. The van der Waals surface area contributed by atoms with Gasteiger partial charge in [0.2, 0.25) is 0 Å². The van der Waals surface area contributed by atoms with Crippen molar-refractivity contribution < 1.29 is 19.7 Å². The minimum atomic E-state index is -1.34. The molecule has 1 aliphatic heterocycles. The first-order valence-corrected chi connectivity index (χ1v) is 10.7. The number of hydrogen-bond donors (Lipinski definition) is 4. The summed E-state index contributed by atoms with van der Waals surface area (Å²) in [5, 5.41) is 24.3. The lowest BCUT2D eigenvalue weighted by molar-refractivity contribution is -0.141.